The van der Waals surface area contributed by atoms with Crippen molar-refractivity contribution in [1.29, 1.82) is 0 Å². The van der Waals surface area contributed by atoms with Gasteiger partial charge in [0.25, 0.3) is 5.56 Å². The molecule has 178 valence electrons. The van der Waals surface area contributed by atoms with E-state index in [2.05, 4.69) is 16.9 Å². The van der Waals surface area contributed by atoms with Crippen LogP contribution in [0, 0.1) is 0 Å². The van der Waals surface area contributed by atoms with Crippen LogP contribution in [0.5, 0.6) is 0 Å². The van der Waals surface area contributed by atoms with Gasteiger partial charge in [0, 0.05) is 31.2 Å². The van der Waals surface area contributed by atoms with E-state index in [0.29, 0.717) is 43.3 Å². The largest absolute Gasteiger partial charge is 0.354 e. The lowest BCUT2D eigenvalue weighted by Crippen LogP contribution is -2.50. The molecule has 2 aromatic rings. The van der Waals surface area contributed by atoms with Gasteiger partial charge in [0.2, 0.25) is 10.0 Å². The van der Waals surface area contributed by atoms with Gasteiger partial charge >= 0.3 is 0 Å². The Balaban J connectivity index is 1.85. The SMILES string of the molecule is CCCCCCCc1c(N2CCN(S(=O)(=O)C(C)C)CC2)[nH]n(-c2cccc(Cl)c2)c1=O. The minimum Gasteiger partial charge on any atom is -0.354 e. The molecule has 0 amide bonds. The van der Waals surface area contributed by atoms with E-state index in [1.54, 1.807) is 35.0 Å². The maximum absolute atomic E-state index is 13.3. The van der Waals surface area contributed by atoms with Crippen LogP contribution < -0.4 is 10.5 Å². The third-order valence-corrected chi connectivity index (χ3v) is 8.58. The molecular weight excluding hydrogens is 448 g/mol. The molecule has 3 rings (SSSR count). The Hall–Kier alpha value is -1.77. The van der Waals surface area contributed by atoms with E-state index < -0.39 is 15.3 Å². The molecule has 1 aliphatic heterocycles. The highest BCUT2D eigenvalue weighted by atomic mass is 35.5. The van der Waals surface area contributed by atoms with Gasteiger partial charge < -0.3 is 4.90 Å². The van der Waals surface area contributed by atoms with Gasteiger partial charge in [0.1, 0.15) is 5.82 Å². The molecule has 1 aliphatic rings. The smallest absolute Gasteiger partial charge is 0.276 e. The Labute approximate surface area is 196 Å². The van der Waals surface area contributed by atoms with E-state index in [0.717, 1.165) is 24.2 Å². The quantitative estimate of drug-likeness (QED) is 0.515. The molecule has 1 saturated heterocycles. The lowest BCUT2D eigenvalue weighted by molar-refractivity contribution is 0.379. The van der Waals surface area contributed by atoms with Gasteiger partial charge in [0.15, 0.2) is 0 Å². The summed E-state index contributed by atoms with van der Waals surface area (Å²) >= 11 is 6.16. The lowest BCUT2D eigenvalue weighted by Gasteiger charge is -2.35. The highest BCUT2D eigenvalue weighted by Gasteiger charge is 2.31. The number of H-pyrrole nitrogens is 1. The average Bonchev–Trinajstić information content (AvgIpc) is 3.10. The second-order valence-electron chi connectivity index (χ2n) is 8.70. The number of aromatic nitrogens is 2. The number of halogens is 1. The van der Waals surface area contributed by atoms with Crippen molar-refractivity contribution in [3.63, 3.8) is 0 Å². The number of piperazine rings is 1. The highest BCUT2D eigenvalue weighted by molar-refractivity contribution is 7.89. The molecule has 1 aromatic heterocycles. The minimum atomic E-state index is -3.27. The lowest BCUT2D eigenvalue weighted by atomic mass is 10.1. The van der Waals surface area contributed by atoms with Gasteiger partial charge in [-0.05, 0) is 44.9 Å². The van der Waals surface area contributed by atoms with Crippen LogP contribution in [0.25, 0.3) is 5.69 Å². The second-order valence-corrected chi connectivity index (χ2v) is 11.6. The fourth-order valence-electron chi connectivity index (χ4n) is 4.11. The third-order valence-electron chi connectivity index (χ3n) is 6.07. The normalized spacial score (nSPS) is 15.6. The number of nitrogens with zero attached hydrogens (tertiary/aromatic N) is 3. The first-order valence-electron chi connectivity index (χ1n) is 11.6. The summed E-state index contributed by atoms with van der Waals surface area (Å²) in [6.07, 6.45) is 6.31. The molecule has 0 saturated carbocycles. The van der Waals surface area contributed by atoms with Gasteiger partial charge in [-0.15, -0.1) is 0 Å². The summed E-state index contributed by atoms with van der Waals surface area (Å²) in [6, 6.07) is 7.22. The Kier molecular flexibility index (Phi) is 8.47. The monoisotopic (exact) mass is 482 g/mol. The highest BCUT2D eigenvalue weighted by Crippen LogP contribution is 2.23. The van der Waals surface area contributed by atoms with E-state index >= 15 is 0 Å². The standard InChI is InChI=1S/C23H35ClN4O3S/c1-4-5-6-7-8-12-21-22(25-28(23(21)29)20-11-9-10-19(24)17-20)26-13-15-27(16-14-26)32(30,31)18(2)3/h9-11,17-18,25H,4-8,12-16H2,1-3H3. The first kappa shape index (κ1) is 24.9. The number of hydrogen-bond acceptors (Lipinski definition) is 4. The molecular formula is C23H35ClN4O3S. The number of aromatic amines is 1. The van der Waals surface area contributed by atoms with Crippen LogP contribution in [0.2, 0.25) is 5.02 Å². The molecule has 9 heteroatoms. The number of benzene rings is 1. The minimum absolute atomic E-state index is 0.0602. The van der Waals surface area contributed by atoms with Crippen molar-refractivity contribution in [2.24, 2.45) is 0 Å². The summed E-state index contributed by atoms with van der Waals surface area (Å²) in [5.41, 5.74) is 1.40. The zero-order valence-corrected chi connectivity index (χ0v) is 20.9. The summed E-state index contributed by atoms with van der Waals surface area (Å²) in [5.74, 6) is 0.798. The summed E-state index contributed by atoms with van der Waals surface area (Å²) in [6.45, 7) is 7.53. The van der Waals surface area contributed by atoms with Crippen molar-refractivity contribution >= 4 is 27.4 Å². The molecule has 0 radical (unpaired) electrons. The zero-order chi connectivity index (χ0) is 23.3. The fraction of sp³-hybridized carbons (Fsp3) is 0.609. The fourth-order valence-corrected chi connectivity index (χ4v) is 5.57. The van der Waals surface area contributed by atoms with Crippen LogP contribution in [-0.2, 0) is 16.4 Å². The van der Waals surface area contributed by atoms with Crippen LogP contribution in [0.3, 0.4) is 0 Å². The van der Waals surface area contributed by atoms with Crippen LogP contribution in [0.15, 0.2) is 29.1 Å². The zero-order valence-electron chi connectivity index (χ0n) is 19.3. The van der Waals surface area contributed by atoms with E-state index in [1.165, 1.54) is 19.3 Å². The predicted octanol–water partition coefficient (Wildman–Crippen LogP) is 4.19. The van der Waals surface area contributed by atoms with Crippen LogP contribution >= 0.6 is 11.6 Å². The van der Waals surface area contributed by atoms with Crippen molar-refractivity contribution in [3.8, 4) is 5.69 Å². The van der Waals surface area contributed by atoms with Crippen molar-refractivity contribution in [1.82, 2.24) is 14.1 Å². The van der Waals surface area contributed by atoms with Gasteiger partial charge in [-0.25, -0.2) is 13.1 Å². The van der Waals surface area contributed by atoms with Gasteiger partial charge in [-0.1, -0.05) is 50.3 Å². The van der Waals surface area contributed by atoms with Crippen LogP contribution in [0.4, 0.5) is 5.82 Å². The molecule has 0 unspecified atom stereocenters. The average molecular weight is 483 g/mol. The maximum Gasteiger partial charge on any atom is 0.276 e. The van der Waals surface area contributed by atoms with Crippen molar-refractivity contribution in [2.45, 2.75) is 64.5 Å². The Morgan fingerprint density at radius 2 is 1.75 bits per heavy atom. The van der Waals surface area contributed by atoms with Crippen molar-refractivity contribution in [3.05, 3.63) is 45.2 Å². The molecule has 32 heavy (non-hydrogen) atoms. The number of unbranched alkanes of at least 4 members (excludes halogenated alkanes) is 4. The van der Waals surface area contributed by atoms with Gasteiger partial charge in [-0.3, -0.25) is 9.89 Å². The molecule has 0 spiro atoms. The maximum atomic E-state index is 13.3. The molecule has 7 nitrogen and oxygen atoms in total. The summed E-state index contributed by atoms with van der Waals surface area (Å²) < 4.78 is 28.2. The van der Waals surface area contributed by atoms with E-state index in [4.69, 9.17) is 11.6 Å². The van der Waals surface area contributed by atoms with Crippen molar-refractivity contribution < 1.29 is 8.42 Å². The molecule has 1 aromatic carbocycles. The first-order valence-corrected chi connectivity index (χ1v) is 13.5. The Bertz CT molecular complexity index is 1050. The second kappa shape index (κ2) is 10.9. The molecule has 1 N–H and O–H groups in total. The van der Waals surface area contributed by atoms with E-state index in [-0.39, 0.29) is 5.56 Å². The summed E-state index contributed by atoms with van der Waals surface area (Å²) in [5, 5.41) is 3.43. The molecule has 2 heterocycles. The van der Waals surface area contributed by atoms with E-state index in [1.807, 2.05) is 12.1 Å². The number of sulfonamides is 1. The predicted molar refractivity (Wildman–Crippen MR) is 132 cm³/mol. The van der Waals surface area contributed by atoms with Gasteiger partial charge in [0.05, 0.1) is 16.5 Å². The number of rotatable bonds is 10. The molecule has 1 fully saturated rings. The summed E-state index contributed by atoms with van der Waals surface area (Å²) in [7, 11) is -3.27. The summed E-state index contributed by atoms with van der Waals surface area (Å²) in [4.78, 5) is 15.4. The van der Waals surface area contributed by atoms with Crippen LogP contribution in [-0.4, -0.2) is 53.9 Å². The molecule has 0 aliphatic carbocycles. The van der Waals surface area contributed by atoms with Crippen LogP contribution in [0.1, 0.15) is 58.4 Å². The number of nitrogens with one attached hydrogen (secondary N) is 1. The Morgan fingerprint density at radius 3 is 2.38 bits per heavy atom. The van der Waals surface area contributed by atoms with Gasteiger partial charge in [-0.2, -0.15) is 4.31 Å². The molecule has 0 bridgehead atoms. The number of anilines is 1. The molecule has 0 atom stereocenters. The number of hydrogen-bond donors (Lipinski definition) is 1. The van der Waals surface area contributed by atoms with Crippen molar-refractivity contribution in [2.75, 3.05) is 31.1 Å². The first-order chi connectivity index (χ1) is 15.3. The third kappa shape index (κ3) is 5.58. The Morgan fingerprint density at radius 1 is 1.06 bits per heavy atom. The van der Waals surface area contributed by atoms with E-state index in [9.17, 15) is 13.2 Å². The topological polar surface area (TPSA) is 78.4 Å².